The predicted molar refractivity (Wildman–Crippen MR) is 128 cm³/mol. The first-order valence-corrected chi connectivity index (χ1v) is 11.8. The van der Waals surface area contributed by atoms with Crippen LogP contribution in [0.2, 0.25) is 0 Å². The van der Waals surface area contributed by atoms with Crippen LogP contribution in [0, 0.1) is 5.41 Å². The second-order valence-corrected chi connectivity index (χ2v) is 8.68. The molecule has 0 aliphatic carbocycles. The number of hydrogen-bond acceptors (Lipinski definition) is 8. The van der Waals surface area contributed by atoms with Gasteiger partial charge in [-0.2, -0.15) is 0 Å². The Morgan fingerprint density at radius 2 is 1.77 bits per heavy atom. The van der Waals surface area contributed by atoms with E-state index >= 15 is 0 Å². The number of nitrogens with two attached hydrogens (primary N) is 3. The van der Waals surface area contributed by atoms with E-state index in [1.807, 2.05) is 0 Å². The zero-order valence-corrected chi connectivity index (χ0v) is 20.2. The molecule has 12 N–H and O–H groups in total. The molecule has 200 valence electrons. The van der Waals surface area contributed by atoms with Crippen molar-refractivity contribution in [1.29, 1.82) is 5.41 Å². The van der Waals surface area contributed by atoms with Gasteiger partial charge in [-0.15, -0.1) is 0 Å². The molecule has 35 heavy (non-hydrogen) atoms. The van der Waals surface area contributed by atoms with E-state index in [4.69, 9.17) is 22.6 Å². The van der Waals surface area contributed by atoms with Gasteiger partial charge < -0.3 is 48.3 Å². The van der Waals surface area contributed by atoms with Gasteiger partial charge in [0, 0.05) is 13.1 Å². The van der Waals surface area contributed by atoms with E-state index in [1.54, 1.807) is 0 Å². The van der Waals surface area contributed by atoms with Gasteiger partial charge in [0.15, 0.2) is 5.96 Å². The molecule has 1 unspecified atom stereocenters. The predicted octanol–water partition coefficient (Wildman–Crippen LogP) is -2.87. The first-order valence-electron chi connectivity index (χ1n) is 11.8. The third-order valence-electron chi connectivity index (χ3n) is 5.82. The van der Waals surface area contributed by atoms with Crippen LogP contribution >= 0.6 is 0 Å². The molecule has 1 aliphatic rings. The van der Waals surface area contributed by atoms with Crippen molar-refractivity contribution >= 4 is 29.7 Å². The van der Waals surface area contributed by atoms with Gasteiger partial charge in [0.25, 0.3) is 0 Å². The molecular weight excluding hydrogens is 460 g/mol. The molecular formula is C21H40N8O6. The molecule has 1 rings (SSSR count). The third kappa shape index (κ3) is 10.0. The number of hydrogen-bond donors (Lipinski definition) is 9. The lowest BCUT2D eigenvalue weighted by molar-refractivity contribution is -0.145. The van der Waals surface area contributed by atoms with Gasteiger partial charge in [-0.3, -0.25) is 19.8 Å². The Morgan fingerprint density at radius 1 is 1.11 bits per heavy atom. The van der Waals surface area contributed by atoms with Crippen LogP contribution in [0.3, 0.4) is 0 Å². The molecule has 0 bridgehead atoms. The Morgan fingerprint density at radius 3 is 2.34 bits per heavy atom. The quantitative estimate of drug-likeness (QED) is 0.0631. The number of carbonyl (C=O) groups excluding carboxylic acids is 3. The zero-order chi connectivity index (χ0) is 26.5. The average molecular weight is 501 g/mol. The van der Waals surface area contributed by atoms with Gasteiger partial charge in [0.05, 0.1) is 6.10 Å². The number of likely N-dealkylation sites (tertiary alicyclic amines) is 1. The van der Waals surface area contributed by atoms with Gasteiger partial charge >= 0.3 is 5.97 Å². The normalized spacial score (nSPS) is 18.7. The van der Waals surface area contributed by atoms with Gasteiger partial charge in [-0.1, -0.05) is 0 Å². The Labute approximate surface area is 204 Å². The summed E-state index contributed by atoms with van der Waals surface area (Å²) in [5, 5.41) is 33.8. The minimum atomic E-state index is -1.22. The van der Waals surface area contributed by atoms with Crippen molar-refractivity contribution < 1.29 is 29.4 Å². The maximum atomic E-state index is 13.3. The molecule has 1 fully saturated rings. The largest absolute Gasteiger partial charge is 0.480 e. The molecule has 0 aromatic heterocycles. The summed E-state index contributed by atoms with van der Waals surface area (Å²) in [5.41, 5.74) is 16.4. The van der Waals surface area contributed by atoms with Crippen LogP contribution in [-0.2, 0) is 19.2 Å². The maximum Gasteiger partial charge on any atom is 0.326 e. The molecule has 0 saturated carbocycles. The fraction of sp³-hybridized carbons (Fsp3) is 0.762. The van der Waals surface area contributed by atoms with E-state index in [0.717, 1.165) is 0 Å². The van der Waals surface area contributed by atoms with Crippen molar-refractivity contribution in [2.24, 2.45) is 17.2 Å². The van der Waals surface area contributed by atoms with Gasteiger partial charge in [-0.25, -0.2) is 4.79 Å². The molecule has 1 saturated heterocycles. The number of nitrogens with one attached hydrogen (secondary N) is 4. The number of aliphatic hydroxyl groups excluding tert-OH is 1. The monoisotopic (exact) mass is 500 g/mol. The standard InChI is InChI=1S/C21H40N8O6/c1-12(30)16(23)18(32)27-13(6-2-3-9-22)19(33)29-11-5-8-15(29)17(31)28-14(20(34)35)7-4-10-26-21(24)25/h12-16,30H,2-11,22-23H2,1H3,(H,27,32)(H,28,31)(H,34,35)(H4,24,25,26)/t12?,13-,14-,15-,16-/m0/s1. The highest BCUT2D eigenvalue weighted by Gasteiger charge is 2.39. The fourth-order valence-electron chi connectivity index (χ4n) is 3.79. The highest BCUT2D eigenvalue weighted by atomic mass is 16.4. The molecule has 1 aliphatic heterocycles. The van der Waals surface area contributed by atoms with Crippen LogP contribution in [0.25, 0.3) is 0 Å². The Hall–Kier alpha value is -2.97. The van der Waals surface area contributed by atoms with Crippen LogP contribution < -0.4 is 33.2 Å². The second-order valence-electron chi connectivity index (χ2n) is 8.68. The average Bonchev–Trinajstić information content (AvgIpc) is 3.29. The topological polar surface area (TPSA) is 250 Å². The SMILES string of the molecule is CC(O)[C@H](N)C(=O)N[C@@H](CCCCN)C(=O)N1CCC[C@H]1C(=O)N[C@@H](CCCNC(=N)N)C(=O)O. The smallest absolute Gasteiger partial charge is 0.326 e. The first kappa shape index (κ1) is 30.1. The van der Waals surface area contributed by atoms with Crippen LogP contribution in [-0.4, -0.2) is 94.7 Å². The van der Waals surface area contributed by atoms with E-state index in [-0.39, 0.29) is 31.9 Å². The summed E-state index contributed by atoms with van der Waals surface area (Å²) in [5.74, 6) is -3.19. The maximum absolute atomic E-state index is 13.3. The second kappa shape index (κ2) is 15.1. The van der Waals surface area contributed by atoms with E-state index in [2.05, 4.69) is 16.0 Å². The number of aliphatic hydroxyl groups is 1. The van der Waals surface area contributed by atoms with Crippen LogP contribution in [0.5, 0.6) is 0 Å². The van der Waals surface area contributed by atoms with E-state index in [0.29, 0.717) is 38.6 Å². The number of carboxylic acids is 1. The van der Waals surface area contributed by atoms with Gasteiger partial charge in [-0.05, 0) is 58.4 Å². The molecule has 0 aromatic rings. The van der Waals surface area contributed by atoms with E-state index < -0.39 is 54.0 Å². The molecule has 3 amide bonds. The molecule has 0 spiro atoms. The van der Waals surface area contributed by atoms with Crippen molar-refractivity contribution in [3.8, 4) is 0 Å². The van der Waals surface area contributed by atoms with Crippen LogP contribution in [0.4, 0.5) is 0 Å². The molecule has 14 nitrogen and oxygen atoms in total. The molecule has 14 heteroatoms. The Bertz CT molecular complexity index is 749. The number of nitrogens with zero attached hydrogens (tertiary/aromatic N) is 1. The van der Waals surface area contributed by atoms with Crippen molar-refractivity contribution in [1.82, 2.24) is 20.9 Å². The summed E-state index contributed by atoms with van der Waals surface area (Å²) >= 11 is 0. The minimum absolute atomic E-state index is 0.108. The van der Waals surface area contributed by atoms with Gasteiger partial charge in [0.2, 0.25) is 17.7 Å². The highest BCUT2D eigenvalue weighted by molar-refractivity contribution is 5.94. The minimum Gasteiger partial charge on any atom is -0.480 e. The number of carboxylic acid groups (broad SMARTS) is 1. The number of amides is 3. The summed E-state index contributed by atoms with van der Waals surface area (Å²) in [6.07, 6.45) is 1.70. The van der Waals surface area contributed by atoms with E-state index in [9.17, 15) is 29.4 Å². The number of carbonyl (C=O) groups is 4. The van der Waals surface area contributed by atoms with Gasteiger partial charge in [0.1, 0.15) is 24.2 Å². The van der Waals surface area contributed by atoms with Crippen LogP contribution in [0.15, 0.2) is 0 Å². The lowest BCUT2D eigenvalue weighted by Crippen LogP contribution is -2.57. The fourth-order valence-corrected chi connectivity index (χ4v) is 3.79. The summed E-state index contributed by atoms with van der Waals surface area (Å²) in [6, 6.07) is -4.22. The first-order chi connectivity index (χ1) is 16.5. The van der Waals surface area contributed by atoms with E-state index in [1.165, 1.54) is 11.8 Å². The number of guanidine groups is 1. The Balaban J connectivity index is 2.88. The lowest BCUT2D eigenvalue weighted by atomic mass is 10.1. The number of rotatable bonds is 15. The lowest BCUT2D eigenvalue weighted by Gasteiger charge is -2.30. The van der Waals surface area contributed by atoms with Crippen molar-refractivity contribution in [3.05, 3.63) is 0 Å². The summed E-state index contributed by atoms with van der Waals surface area (Å²) < 4.78 is 0. The molecule has 1 heterocycles. The molecule has 5 atom stereocenters. The summed E-state index contributed by atoms with van der Waals surface area (Å²) in [6.45, 7) is 2.34. The number of aliphatic carboxylic acids is 1. The van der Waals surface area contributed by atoms with Crippen molar-refractivity contribution in [3.63, 3.8) is 0 Å². The number of unbranched alkanes of at least 4 members (excludes halogenated alkanes) is 1. The molecule has 0 aromatic carbocycles. The van der Waals surface area contributed by atoms with Crippen LogP contribution in [0.1, 0.15) is 51.9 Å². The third-order valence-corrected chi connectivity index (χ3v) is 5.82. The molecule has 0 radical (unpaired) electrons. The van der Waals surface area contributed by atoms with Crippen molar-refractivity contribution in [2.75, 3.05) is 19.6 Å². The summed E-state index contributed by atoms with van der Waals surface area (Å²) in [7, 11) is 0. The Kier molecular flexibility index (Phi) is 13.0. The van der Waals surface area contributed by atoms with Crippen molar-refractivity contribution in [2.45, 2.75) is 82.1 Å². The summed E-state index contributed by atoms with van der Waals surface area (Å²) in [4.78, 5) is 51.6. The highest BCUT2D eigenvalue weighted by Crippen LogP contribution is 2.20. The zero-order valence-electron chi connectivity index (χ0n) is 20.2.